The lowest BCUT2D eigenvalue weighted by molar-refractivity contribution is 0.650. The van der Waals surface area contributed by atoms with E-state index in [1.54, 1.807) is 0 Å². The lowest BCUT2D eigenvalue weighted by atomic mass is 9.66. The first kappa shape index (κ1) is 31.1. The van der Waals surface area contributed by atoms with Gasteiger partial charge in [-0.15, -0.1) is 0 Å². The molecular weight excluding hydrogens is 643 g/mol. The molecule has 0 fully saturated rings. The molecule has 0 radical (unpaired) electrons. The molecule has 0 amide bonds. The van der Waals surface area contributed by atoms with Crippen molar-refractivity contribution in [2.75, 3.05) is 4.90 Å². The normalized spacial score (nSPS) is 12.8. The Labute approximate surface area is 310 Å². The van der Waals surface area contributed by atoms with Crippen molar-refractivity contribution in [1.82, 2.24) is 0 Å². The van der Waals surface area contributed by atoms with Crippen LogP contribution in [0.1, 0.15) is 33.4 Å². The zero-order chi connectivity index (χ0) is 35.2. The fraction of sp³-hybridized carbons (Fsp3) is 0.0588. The first-order chi connectivity index (χ1) is 26.3. The van der Waals surface area contributed by atoms with Gasteiger partial charge in [-0.05, 0) is 68.3 Å². The second-order valence-electron chi connectivity index (χ2n) is 14.0. The summed E-state index contributed by atoms with van der Waals surface area (Å²) in [5.41, 5.74) is 15.0. The van der Waals surface area contributed by atoms with Gasteiger partial charge in [0.1, 0.15) is 11.2 Å². The van der Waals surface area contributed by atoms with Crippen LogP contribution in [0, 0.1) is 0 Å². The molecule has 1 aliphatic carbocycles. The van der Waals surface area contributed by atoms with Crippen LogP contribution in [0.2, 0.25) is 0 Å². The van der Waals surface area contributed by atoms with Crippen LogP contribution < -0.4 is 4.90 Å². The number of rotatable bonds is 8. The van der Waals surface area contributed by atoms with Crippen LogP contribution in [0.5, 0.6) is 0 Å². The molecule has 8 aromatic carbocycles. The van der Waals surface area contributed by atoms with E-state index in [2.05, 4.69) is 205 Å². The molecular formula is C51H37NO. The van der Waals surface area contributed by atoms with Crippen molar-refractivity contribution in [3.05, 3.63) is 234 Å². The maximum Gasteiger partial charge on any atom is 0.140 e. The van der Waals surface area contributed by atoms with Crippen molar-refractivity contribution in [3.63, 3.8) is 0 Å². The summed E-state index contributed by atoms with van der Waals surface area (Å²) in [7, 11) is 0. The summed E-state index contributed by atoms with van der Waals surface area (Å²) in [6.07, 6.45) is 0. The van der Waals surface area contributed by atoms with Crippen LogP contribution >= 0.6 is 0 Å². The second kappa shape index (κ2) is 12.8. The van der Waals surface area contributed by atoms with Crippen molar-refractivity contribution < 1.29 is 4.42 Å². The quantitative estimate of drug-likeness (QED) is 0.159. The third-order valence-corrected chi connectivity index (χ3v) is 11.1. The highest BCUT2D eigenvalue weighted by Crippen LogP contribution is 2.57. The molecule has 0 spiro atoms. The number of benzene rings is 8. The van der Waals surface area contributed by atoms with Crippen molar-refractivity contribution in [2.45, 2.75) is 18.5 Å². The SMILES string of the molecule is c1ccc(-c2ccccc2CN(Cc2c(C3(c4ccccc4)c4ccccc4-c4ccccc43)ccc3c2oc2ccccc23)c2ccccc2)cc1. The van der Waals surface area contributed by atoms with Gasteiger partial charge in [0.15, 0.2) is 0 Å². The molecule has 9 aromatic rings. The third kappa shape index (κ3) is 5.02. The summed E-state index contributed by atoms with van der Waals surface area (Å²) in [4.78, 5) is 2.53. The molecule has 252 valence electrons. The van der Waals surface area contributed by atoms with E-state index in [9.17, 15) is 0 Å². The van der Waals surface area contributed by atoms with Gasteiger partial charge in [0.2, 0.25) is 0 Å². The highest BCUT2D eigenvalue weighted by molar-refractivity contribution is 6.06. The standard InChI is InChI=1S/C51H37NO/c1-4-18-36(19-5-1)40-25-11-10-20-37(40)34-52(39-23-8-3-9-24-39)35-45-48(33-32-44-43-28-14-17-31-49(43)53-50(44)45)51(38-21-6-2-7-22-38)46-29-15-12-26-41(46)42-27-13-16-30-47(42)51/h1-33H,34-35H2. The maximum atomic E-state index is 6.99. The van der Waals surface area contributed by atoms with Gasteiger partial charge in [0, 0.05) is 35.1 Å². The van der Waals surface area contributed by atoms with Gasteiger partial charge >= 0.3 is 0 Å². The highest BCUT2D eigenvalue weighted by Gasteiger charge is 2.47. The molecule has 0 atom stereocenters. The van der Waals surface area contributed by atoms with Crippen molar-refractivity contribution in [3.8, 4) is 22.3 Å². The molecule has 0 N–H and O–H groups in total. The molecule has 1 aliphatic rings. The minimum Gasteiger partial charge on any atom is -0.456 e. The molecule has 10 rings (SSSR count). The fourth-order valence-electron chi connectivity index (χ4n) is 8.86. The summed E-state index contributed by atoms with van der Waals surface area (Å²) in [6.45, 7) is 1.36. The zero-order valence-electron chi connectivity index (χ0n) is 29.3. The number of anilines is 1. The van der Waals surface area contributed by atoms with Crippen LogP contribution in [-0.4, -0.2) is 0 Å². The predicted molar refractivity (Wildman–Crippen MR) is 219 cm³/mol. The van der Waals surface area contributed by atoms with E-state index in [1.807, 2.05) is 0 Å². The Balaban J connectivity index is 1.26. The van der Waals surface area contributed by atoms with E-state index in [-0.39, 0.29) is 0 Å². The Hall–Kier alpha value is -6.64. The average molecular weight is 680 g/mol. The molecule has 53 heavy (non-hydrogen) atoms. The van der Waals surface area contributed by atoms with Gasteiger partial charge in [0.25, 0.3) is 0 Å². The van der Waals surface area contributed by atoms with Crippen LogP contribution in [-0.2, 0) is 18.5 Å². The van der Waals surface area contributed by atoms with Crippen LogP contribution in [0.3, 0.4) is 0 Å². The first-order valence-electron chi connectivity index (χ1n) is 18.4. The van der Waals surface area contributed by atoms with Gasteiger partial charge in [-0.3, -0.25) is 0 Å². The minimum atomic E-state index is -0.568. The zero-order valence-corrected chi connectivity index (χ0v) is 29.3. The van der Waals surface area contributed by atoms with E-state index in [0.29, 0.717) is 6.54 Å². The van der Waals surface area contributed by atoms with Crippen LogP contribution in [0.4, 0.5) is 5.69 Å². The Bertz CT molecular complexity index is 2680. The number of hydrogen-bond acceptors (Lipinski definition) is 2. The number of para-hydroxylation sites is 2. The monoisotopic (exact) mass is 679 g/mol. The van der Waals surface area contributed by atoms with E-state index >= 15 is 0 Å². The highest BCUT2D eigenvalue weighted by atomic mass is 16.3. The second-order valence-corrected chi connectivity index (χ2v) is 14.0. The summed E-state index contributed by atoms with van der Waals surface area (Å²) in [5, 5.41) is 2.27. The Kier molecular flexibility index (Phi) is 7.54. The lowest BCUT2D eigenvalue weighted by Crippen LogP contribution is -2.32. The van der Waals surface area contributed by atoms with Crippen LogP contribution in [0.15, 0.2) is 205 Å². The average Bonchev–Trinajstić information content (AvgIpc) is 3.76. The summed E-state index contributed by atoms with van der Waals surface area (Å²) in [6, 6.07) is 72.6. The van der Waals surface area contributed by atoms with E-state index in [1.165, 1.54) is 55.6 Å². The Morgan fingerprint density at radius 2 is 0.981 bits per heavy atom. The van der Waals surface area contributed by atoms with Crippen molar-refractivity contribution in [1.29, 1.82) is 0 Å². The third-order valence-electron chi connectivity index (χ3n) is 11.1. The van der Waals surface area contributed by atoms with E-state index < -0.39 is 5.41 Å². The van der Waals surface area contributed by atoms with Crippen LogP contribution in [0.25, 0.3) is 44.2 Å². The number of fused-ring (bicyclic) bond motifs is 6. The first-order valence-corrected chi connectivity index (χ1v) is 18.4. The lowest BCUT2D eigenvalue weighted by Gasteiger charge is -2.37. The molecule has 1 aromatic heterocycles. The van der Waals surface area contributed by atoms with Gasteiger partial charge < -0.3 is 9.32 Å². The number of hydrogen-bond donors (Lipinski definition) is 0. The van der Waals surface area contributed by atoms with E-state index in [4.69, 9.17) is 4.42 Å². The molecule has 0 saturated carbocycles. The Morgan fingerprint density at radius 1 is 0.415 bits per heavy atom. The maximum absolute atomic E-state index is 6.99. The van der Waals surface area contributed by atoms with Crippen molar-refractivity contribution in [2.24, 2.45) is 0 Å². The molecule has 0 saturated heterocycles. The number of furan rings is 1. The van der Waals surface area contributed by atoms with E-state index in [0.717, 1.165) is 34.2 Å². The number of nitrogens with zero attached hydrogens (tertiary/aromatic N) is 1. The fourth-order valence-corrected chi connectivity index (χ4v) is 8.86. The summed E-state index contributed by atoms with van der Waals surface area (Å²) < 4.78 is 6.99. The Morgan fingerprint density at radius 3 is 1.70 bits per heavy atom. The summed E-state index contributed by atoms with van der Waals surface area (Å²) in [5.74, 6) is 0. The van der Waals surface area contributed by atoms with Gasteiger partial charge in [-0.25, -0.2) is 0 Å². The summed E-state index contributed by atoms with van der Waals surface area (Å²) >= 11 is 0. The topological polar surface area (TPSA) is 16.4 Å². The molecule has 2 nitrogen and oxygen atoms in total. The van der Waals surface area contributed by atoms with Gasteiger partial charge in [0.05, 0.1) is 5.41 Å². The smallest absolute Gasteiger partial charge is 0.140 e. The molecule has 2 heteroatoms. The molecule has 0 aliphatic heterocycles. The molecule has 0 bridgehead atoms. The predicted octanol–water partition coefficient (Wildman–Crippen LogP) is 12.8. The van der Waals surface area contributed by atoms with Crippen molar-refractivity contribution >= 4 is 27.6 Å². The largest absolute Gasteiger partial charge is 0.456 e. The molecule has 1 heterocycles. The minimum absolute atomic E-state index is 0.568. The van der Waals surface area contributed by atoms with Gasteiger partial charge in [-0.2, -0.15) is 0 Å². The van der Waals surface area contributed by atoms with Gasteiger partial charge in [-0.1, -0.05) is 182 Å². The molecule has 0 unspecified atom stereocenters.